The van der Waals surface area contributed by atoms with E-state index in [0.29, 0.717) is 16.6 Å². The number of aryl methyl sites for hydroxylation is 1. The van der Waals surface area contributed by atoms with Crippen LogP contribution < -0.4 is 5.56 Å². The van der Waals surface area contributed by atoms with E-state index in [0.717, 1.165) is 5.39 Å². The van der Waals surface area contributed by atoms with Crippen LogP contribution in [0.15, 0.2) is 47.3 Å². The van der Waals surface area contributed by atoms with Gasteiger partial charge >= 0.3 is 0 Å². The Bertz CT molecular complexity index is 873. The molecule has 0 aliphatic rings. The molecule has 3 rings (SSSR count). The Morgan fingerprint density at radius 2 is 1.85 bits per heavy atom. The molecule has 0 saturated carbocycles. The lowest BCUT2D eigenvalue weighted by Crippen LogP contribution is -2.20. The summed E-state index contributed by atoms with van der Waals surface area (Å²) in [6.45, 7) is 0. The number of benzene rings is 2. The van der Waals surface area contributed by atoms with Gasteiger partial charge in [0.2, 0.25) is 0 Å². The summed E-state index contributed by atoms with van der Waals surface area (Å²) in [5.41, 5.74) is 1.10. The van der Waals surface area contributed by atoms with Crippen LogP contribution in [0.5, 0.6) is 0 Å². The third kappa shape index (κ3) is 1.98. The van der Waals surface area contributed by atoms with Crippen LogP contribution in [0.1, 0.15) is 0 Å². The molecule has 0 amide bonds. The minimum atomic E-state index is -0.482. The number of halogens is 2. The first-order chi connectivity index (χ1) is 9.58. The van der Waals surface area contributed by atoms with Gasteiger partial charge < -0.3 is 0 Å². The SMILES string of the molecule is Cn1nc(-c2ccc(F)c(Cl)c2)c2ccccc2c1=O. The lowest BCUT2D eigenvalue weighted by molar-refractivity contribution is 0.628. The van der Waals surface area contributed by atoms with E-state index in [4.69, 9.17) is 11.6 Å². The molecule has 0 atom stereocenters. The van der Waals surface area contributed by atoms with Crippen molar-refractivity contribution in [3.05, 3.63) is 63.7 Å². The Hall–Kier alpha value is -2.20. The van der Waals surface area contributed by atoms with E-state index < -0.39 is 5.82 Å². The number of hydrogen-bond donors (Lipinski definition) is 0. The van der Waals surface area contributed by atoms with E-state index in [2.05, 4.69) is 5.10 Å². The Kier molecular flexibility index (Phi) is 3.03. The van der Waals surface area contributed by atoms with Crippen molar-refractivity contribution in [1.29, 1.82) is 0 Å². The molecule has 5 heteroatoms. The lowest BCUT2D eigenvalue weighted by Gasteiger charge is -2.08. The van der Waals surface area contributed by atoms with E-state index >= 15 is 0 Å². The van der Waals surface area contributed by atoms with Gasteiger partial charge in [-0.2, -0.15) is 5.10 Å². The average molecular weight is 289 g/mol. The van der Waals surface area contributed by atoms with Crippen LogP contribution in [0.25, 0.3) is 22.0 Å². The summed E-state index contributed by atoms with van der Waals surface area (Å²) in [5, 5.41) is 5.59. The first-order valence-electron chi connectivity index (χ1n) is 5.99. The van der Waals surface area contributed by atoms with Gasteiger partial charge in [0.15, 0.2) is 0 Å². The quantitative estimate of drug-likeness (QED) is 0.688. The van der Waals surface area contributed by atoms with E-state index in [1.807, 2.05) is 12.1 Å². The fourth-order valence-electron chi connectivity index (χ4n) is 2.16. The van der Waals surface area contributed by atoms with Crippen molar-refractivity contribution in [3.63, 3.8) is 0 Å². The van der Waals surface area contributed by atoms with Crippen molar-refractivity contribution in [1.82, 2.24) is 9.78 Å². The Labute approximate surface area is 119 Å². The van der Waals surface area contributed by atoms with Gasteiger partial charge in [-0.05, 0) is 24.3 Å². The van der Waals surface area contributed by atoms with E-state index in [1.165, 1.54) is 16.8 Å². The van der Waals surface area contributed by atoms with Gasteiger partial charge in [-0.15, -0.1) is 0 Å². The summed E-state index contributed by atoms with van der Waals surface area (Å²) >= 11 is 5.81. The molecule has 0 spiro atoms. The van der Waals surface area contributed by atoms with Crippen LogP contribution in [0, 0.1) is 5.82 Å². The molecule has 0 radical (unpaired) electrons. The van der Waals surface area contributed by atoms with Crippen LogP contribution in [-0.4, -0.2) is 9.78 Å². The molecule has 100 valence electrons. The number of hydrogen-bond acceptors (Lipinski definition) is 2. The second kappa shape index (κ2) is 4.72. The minimum absolute atomic E-state index is 0.0298. The summed E-state index contributed by atoms with van der Waals surface area (Å²) < 4.78 is 14.5. The smallest absolute Gasteiger partial charge is 0.267 e. The molecule has 0 aliphatic carbocycles. The molecule has 20 heavy (non-hydrogen) atoms. The number of fused-ring (bicyclic) bond motifs is 1. The Balaban J connectivity index is 2.39. The van der Waals surface area contributed by atoms with Crippen molar-refractivity contribution in [2.45, 2.75) is 0 Å². The van der Waals surface area contributed by atoms with Gasteiger partial charge in [-0.25, -0.2) is 9.07 Å². The fourth-order valence-corrected chi connectivity index (χ4v) is 2.34. The van der Waals surface area contributed by atoms with Gasteiger partial charge in [0.05, 0.1) is 16.1 Å². The second-order valence-electron chi connectivity index (χ2n) is 4.45. The van der Waals surface area contributed by atoms with Gasteiger partial charge in [-0.3, -0.25) is 4.79 Å². The Morgan fingerprint density at radius 3 is 2.55 bits per heavy atom. The molecule has 0 saturated heterocycles. The van der Waals surface area contributed by atoms with E-state index in [1.54, 1.807) is 25.2 Å². The molecule has 0 N–H and O–H groups in total. The highest BCUT2D eigenvalue weighted by Gasteiger charge is 2.11. The zero-order valence-corrected chi connectivity index (χ0v) is 11.4. The summed E-state index contributed by atoms with van der Waals surface area (Å²) in [6, 6.07) is 11.6. The highest BCUT2D eigenvalue weighted by Crippen LogP contribution is 2.27. The number of aromatic nitrogens is 2. The maximum atomic E-state index is 13.3. The van der Waals surface area contributed by atoms with Crippen molar-refractivity contribution in [2.75, 3.05) is 0 Å². The van der Waals surface area contributed by atoms with Gasteiger partial charge in [0.25, 0.3) is 5.56 Å². The molecular formula is C15H10ClFN2O. The lowest BCUT2D eigenvalue weighted by atomic mass is 10.1. The van der Waals surface area contributed by atoms with Crippen molar-refractivity contribution < 1.29 is 4.39 Å². The highest BCUT2D eigenvalue weighted by atomic mass is 35.5. The summed E-state index contributed by atoms with van der Waals surface area (Å²) in [4.78, 5) is 12.0. The summed E-state index contributed by atoms with van der Waals surface area (Å²) in [7, 11) is 1.59. The molecular weight excluding hydrogens is 279 g/mol. The summed E-state index contributed by atoms with van der Waals surface area (Å²) in [5.74, 6) is -0.482. The first kappa shape index (κ1) is 12.8. The minimum Gasteiger partial charge on any atom is -0.267 e. The molecule has 1 aromatic heterocycles. The Morgan fingerprint density at radius 1 is 1.15 bits per heavy atom. The van der Waals surface area contributed by atoms with Crippen LogP contribution in [0.4, 0.5) is 4.39 Å². The van der Waals surface area contributed by atoms with Crippen LogP contribution in [0.3, 0.4) is 0 Å². The zero-order chi connectivity index (χ0) is 14.3. The highest BCUT2D eigenvalue weighted by molar-refractivity contribution is 6.31. The molecule has 2 aromatic carbocycles. The van der Waals surface area contributed by atoms with Crippen molar-refractivity contribution in [3.8, 4) is 11.3 Å². The third-order valence-corrected chi connectivity index (χ3v) is 3.44. The predicted octanol–water partition coefficient (Wildman–Crippen LogP) is 3.39. The topological polar surface area (TPSA) is 34.9 Å². The molecule has 0 unspecified atom stereocenters. The molecule has 0 fully saturated rings. The molecule has 3 nitrogen and oxygen atoms in total. The molecule has 3 aromatic rings. The van der Waals surface area contributed by atoms with Crippen LogP contribution in [-0.2, 0) is 7.05 Å². The largest absolute Gasteiger partial charge is 0.274 e. The molecule has 1 heterocycles. The maximum absolute atomic E-state index is 13.3. The molecule has 0 bridgehead atoms. The van der Waals surface area contributed by atoms with Crippen molar-refractivity contribution in [2.24, 2.45) is 7.05 Å². The average Bonchev–Trinajstić information content (AvgIpc) is 2.46. The fraction of sp³-hybridized carbons (Fsp3) is 0.0667. The van der Waals surface area contributed by atoms with E-state index in [-0.39, 0.29) is 10.6 Å². The number of rotatable bonds is 1. The molecule has 0 aliphatic heterocycles. The van der Waals surface area contributed by atoms with Crippen molar-refractivity contribution >= 4 is 22.4 Å². The summed E-state index contributed by atoms with van der Waals surface area (Å²) in [6.07, 6.45) is 0. The van der Waals surface area contributed by atoms with Crippen LogP contribution in [0.2, 0.25) is 5.02 Å². The third-order valence-electron chi connectivity index (χ3n) is 3.15. The predicted molar refractivity (Wildman–Crippen MR) is 77.4 cm³/mol. The van der Waals surface area contributed by atoms with Gasteiger partial charge in [0, 0.05) is 18.0 Å². The normalized spacial score (nSPS) is 10.9. The zero-order valence-electron chi connectivity index (χ0n) is 10.6. The van der Waals surface area contributed by atoms with Crippen LogP contribution >= 0.6 is 11.6 Å². The van der Waals surface area contributed by atoms with E-state index in [9.17, 15) is 9.18 Å². The standard InChI is InChI=1S/C15H10ClFN2O/c1-19-15(20)11-5-3-2-4-10(11)14(18-19)9-6-7-13(17)12(16)8-9/h2-8H,1H3. The first-order valence-corrected chi connectivity index (χ1v) is 6.37. The maximum Gasteiger partial charge on any atom is 0.274 e. The van der Waals surface area contributed by atoms with Gasteiger partial charge in [0.1, 0.15) is 5.82 Å². The monoisotopic (exact) mass is 288 g/mol. The van der Waals surface area contributed by atoms with Gasteiger partial charge in [-0.1, -0.05) is 29.8 Å². The second-order valence-corrected chi connectivity index (χ2v) is 4.86. The number of nitrogens with zero attached hydrogens (tertiary/aromatic N) is 2.